The number of anilines is 1. The van der Waals surface area contributed by atoms with E-state index >= 15 is 0 Å². The number of amides is 2. The molecule has 6 heteroatoms. The van der Waals surface area contributed by atoms with Crippen LogP contribution in [0, 0.1) is 5.82 Å². The van der Waals surface area contributed by atoms with E-state index < -0.39 is 11.7 Å². The van der Waals surface area contributed by atoms with Crippen molar-refractivity contribution in [1.82, 2.24) is 10.2 Å². The molecule has 0 fully saturated rings. The summed E-state index contributed by atoms with van der Waals surface area (Å²) < 4.78 is 13.5. The number of para-hydroxylation sites is 1. The van der Waals surface area contributed by atoms with Crippen LogP contribution in [0.15, 0.2) is 48.5 Å². The maximum absolute atomic E-state index is 13.5. The minimum atomic E-state index is -0.497. The summed E-state index contributed by atoms with van der Waals surface area (Å²) in [5.41, 5.74) is 0.937. The van der Waals surface area contributed by atoms with Crippen molar-refractivity contribution in [2.45, 2.75) is 0 Å². The van der Waals surface area contributed by atoms with Gasteiger partial charge in [0, 0.05) is 24.2 Å². The molecule has 2 aromatic carbocycles. The maximum atomic E-state index is 13.5. The van der Waals surface area contributed by atoms with E-state index in [0.29, 0.717) is 17.7 Å². The van der Waals surface area contributed by atoms with E-state index in [1.807, 2.05) is 19.0 Å². The second kappa shape index (κ2) is 8.21. The van der Waals surface area contributed by atoms with Crippen LogP contribution >= 0.6 is 0 Å². The fourth-order valence-corrected chi connectivity index (χ4v) is 2.03. The zero-order chi connectivity index (χ0) is 17.5. The number of carbonyl (C=O) groups excluding carboxylic acids is 2. The molecule has 0 heterocycles. The third kappa shape index (κ3) is 4.89. The summed E-state index contributed by atoms with van der Waals surface area (Å²) in [5.74, 6) is -1.12. The molecule has 0 aliphatic heterocycles. The van der Waals surface area contributed by atoms with Gasteiger partial charge in [0.25, 0.3) is 11.8 Å². The molecule has 2 amide bonds. The Kier molecular flexibility index (Phi) is 6.03. The fourth-order valence-electron chi connectivity index (χ4n) is 2.03. The van der Waals surface area contributed by atoms with Crippen LogP contribution in [0.5, 0.6) is 0 Å². The highest BCUT2D eigenvalue weighted by Gasteiger charge is 2.10. The van der Waals surface area contributed by atoms with Gasteiger partial charge in [-0.05, 0) is 50.5 Å². The van der Waals surface area contributed by atoms with Crippen LogP contribution in [0.4, 0.5) is 10.1 Å². The van der Waals surface area contributed by atoms with E-state index in [1.54, 1.807) is 24.3 Å². The van der Waals surface area contributed by atoms with Gasteiger partial charge >= 0.3 is 0 Å². The Balaban J connectivity index is 1.97. The van der Waals surface area contributed by atoms with Crippen LogP contribution in [0.3, 0.4) is 0 Å². The molecule has 0 aromatic heterocycles. The number of nitrogens with one attached hydrogen (secondary N) is 2. The van der Waals surface area contributed by atoms with E-state index in [1.165, 1.54) is 24.3 Å². The number of halogens is 1. The molecule has 0 bridgehead atoms. The van der Waals surface area contributed by atoms with Gasteiger partial charge in [0.1, 0.15) is 5.82 Å². The highest BCUT2D eigenvalue weighted by atomic mass is 19.1. The van der Waals surface area contributed by atoms with Gasteiger partial charge in [-0.1, -0.05) is 12.1 Å². The Morgan fingerprint density at radius 3 is 2.12 bits per heavy atom. The summed E-state index contributed by atoms with van der Waals surface area (Å²) in [6.45, 7) is 1.29. The lowest BCUT2D eigenvalue weighted by molar-refractivity contribution is 0.0949. The first-order chi connectivity index (χ1) is 11.5. The molecule has 0 spiro atoms. The molecule has 2 aromatic rings. The molecule has 0 aliphatic rings. The van der Waals surface area contributed by atoms with Gasteiger partial charge in [0.05, 0.1) is 5.69 Å². The van der Waals surface area contributed by atoms with Crippen molar-refractivity contribution in [1.29, 1.82) is 0 Å². The average Bonchev–Trinajstić information content (AvgIpc) is 2.56. The lowest BCUT2D eigenvalue weighted by Crippen LogP contribution is -2.31. The second-order valence-corrected chi connectivity index (χ2v) is 5.57. The summed E-state index contributed by atoms with van der Waals surface area (Å²) in [7, 11) is 3.85. The quantitative estimate of drug-likeness (QED) is 0.855. The summed E-state index contributed by atoms with van der Waals surface area (Å²) in [5, 5.41) is 5.30. The molecule has 2 rings (SSSR count). The third-order valence-corrected chi connectivity index (χ3v) is 3.38. The monoisotopic (exact) mass is 329 g/mol. The van der Waals surface area contributed by atoms with Crippen molar-refractivity contribution in [2.75, 3.05) is 32.5 Å². The first-order valence-corrected chi connectivity index (χ1v) is 7.56. The van der Waals surface area contributed by atoms with E-state index in [0.717, 1.165) is 6.54 Å². The van der Waals surface area contributed by atoms with E-state index in [9.17, 15) is 14.0 Å². The molecule has 126 valence electrons. The summed E-state index contributed by atoms with van der Waals surface area (Å²) in [6, 6.07) is 12.2. The van der Waals surface area contributed by atoms with Gasteiger partial charge in [0.2, 0.25) is 0 Å². The molecular weight excluding hydrogens is 309 g/mol. The van der Waals surface area contributed by atoms with Crippen LogP contribution in [-0.2, 0) is 0 Å². The number of hydrogen-bond donors (Lipinski definition) is 2. The van der Waals surface area contributed by atoms with Crippen LogP contribution < -0.4 is 10.6 Å². The normalized spacial score (nSPS) is 10.5. The molecule has 5 nitrogen and oxygen atoms in total. The number of carbonyl (C=O) groups is 2. The topological polar surface area (TPSA) is 61.4 Å². The Hall–Kier alpha value is -2.73. The van der Waals surface area contributed by atoms with Crippen molar-refractivity contribution in [3.05, 3.63) is 65.5 Å². The van der Waals surface area contributed by atoms with Gasteiger partial charge < -0.3 is 15.5 Å². The van der Waals surface area contributed by atoms with Crippen molar-refractivity contribution in [3.63, 3.8) is 0 Å². The molecular formula is C18H20FN3O2. The zero-order valence-corrected chi connectivity index (χ0v) is 13.7. The lowest BCUT2D eigenvalue weighted by atomic mass is 10.1. The molecule has 0 saturated carbocycles. The van der Waals surface area contributed by atoms with Crippen LogP contribution in [-0.4, -0.2) is 43.9 Å². The van der Waals surface area contributed by atoms with Gasteiger partial charge in [-0.15, -0.1) is 0 Å². The van der Waals surface area contributed by atoms with Crippen molar-refractivity contribution >= 4 is 17.5 Å². The summed E-state index contributed by atoms with van der Waals surface area (Å²) in [6.07, 6.45) is 0. The van der Waals surface area contributed by atoms with Crippen molar-refractivity contribution in [2.24, 2.45) is 0 Å². The summed E-state index contributed by atoms with van der Waals surface area (Å²) >= 11 is 0. The van der Waals surface area contributed by atoms with Crippen molar-refractivity contribution < 1.29 is 14.0 Å². The number of nitrogens with zero attached hydrogens (tertiary/aromatic N) is 1. The van der Waals surface area contributed by atoms with Gasteiger partial charge in [-0.25, -0.2) is 4.39 Å². The summed E-state index contributed by atoms with van der Waals surface area (Å²) in [4.78, 5) is 26.0. The van der Waals surface area contributed by atoms with Gasteiger partial charge in [-0.2, -0.15) is 0 Å². The highest BCUT2D eigenvalue weighted by molar-refractivity contribution is 6.05. The Morgan fingerprint density at radius 1 is 0.958 bits per heavy atom. The predicted molar refractivity (Wildman–Crippen MR) is 91.7 cm³/mol. The SMILES string of the molecule is CN(C)CCNC(=O)c1ccc(C(=O)Nc2ccccc2F)cc1. The Morgan fingerprint density at radius 2 is 1.54 bits per heavy atom. The smallest absolute Gasteiger partial charge is 0.255 e. The van der Waals surface area contributed by atoms with Gasteiger partial charge in [0.15, 0.2) is 0 Å². The first kappa shape index (κ1) is 17.6. The van der Waals surface area contributed by atoms with Gasteiger partial charge in [-0.3, -0.25) is 9.59 Å². The fraction of sp³-hybridized carbons (Fsp3) is 0.222. The molecule has 0 radical (unpaired) electrons. The highest BCUT2D eigenvalue weighted by Crippen LogP contribution is 2.14. The van der Waals surface area contributed by atoms with E-state index in [-0.39, 0.29) is 11.6 Å². The maximum Gasteiger partial charge on any atom is 0.255 e. The number of benzene rings is 2. The van der Waals surface area contributed by atoms with E-state index in [2.05, 4.69) is 10.6 Å². The molecule has 0 unspecified atom stereocenters. The largest absolute Gasteiger partial charge is 0.351 e. The predicted octanol–water partition coefficient (Wildman–Crippen LogP) is 2.37. The van der Waals surface area contributed by atoms with Crippen LogP contribution in [0.25, 0.3) is 0 Å². The zero-order valence-electron chi connectivity index (χ0n) is 13.7. The molecule has 0 saturated heterocycles. The number of rotatable bonds is 6. The molecule has 24 heavy (non-hydrogen) atoms. The van der Waals surface area contributed by atoms with Crippen molar-refractivity contribution in [3.8, 4) is 0 Å². The average molecular weight is 329 g/mol. The van der Waals surface area contributed by atoms with Crippen LogP contribution in [0.1, 0.15) is 20.7 Å². The molecule has 2 N–H and O–H groups in total. The Bertz CT molecular complexity index is 714. The number of hydrogen-bond acceptors (Lipinski definition) is 3. The lowest BCUT2D eigenvalue weighted by Gasteiger charge is -2.10. The molecule has 0 aliphatic carbocycles. The third-order valence-electron chi connectivity index (χ3n) is 3.38. The standard InChI is InChI=1S/C18H20FN3O2/c1-22(2)12-11-20-17(23)13-7-9-14(10-8-13)18(24)21-16-6-4-3-5-15(16)19/h3-10H,11-12H2,1-2H3,(H,20,23)(H,21,24). The number of likely N-dealkylation sites (N-methyl/N-ethyl adjacent to an activating group) is 1. The minimum Gasteiger partial charge on any atom is -0.351 e. The molecule has 0 atom stereocenters. The first-order valence-electron chi connectivity index (χ1n) is 7.56. The Labute approximate surface area is 140 Å². The van der Waals surface area contributed by atoms with Crippen LogP contribution in [0.2, 0.25) is 0 Å². The second-order valence-electron chi connectivity index (χ2n) is 5.57. The minimum absolute atomic E-state index is 0.119. The van der Waals surface area contributed by atoms with E-state index in [4.69, 9.17) is 0 Å².